The molecular formula is C12H25ClN2O. The number of hydrogen-bond acceptors (Lipinski definition) is 2. The highest BCUT2D eigenvalue weighted by molar-refractivity contribution is 5.85. The van der Waals surface area contributed by atoms with Crippen LogP contribution in [0.4, 0.5) is 0 Å². The number of nitrogens with one attached hydrogen (secondary N) is 1. The summed E-state index contributed by atoms with van der Waals surface area (Å²) in [6.45, 7) is 6.23. The van der Waals surface area contributed by atoms with Crippen molar-refractivity contribution in [3.8, 4) is 0 Å². The average Bonchev–Trinajstić information content (AvgIpc) is 2.20. The van der Waals surface area contributed by atoms with Gasteiger partial charge in [0, 0.05) is 6.04 Å². The lowest BCUT2D eigenvalue weighted by Crippen LogP contribution is -2.48. The summed E-state index contributed by atoms with van der Waals surface area (Å²) in [5.41, 5.74) is 5.79. The van der Waals surface area contributed by atoms with Crippen molar-refractivity contribution in [2.45, 2.75) is 58.5 Å². The molecule has 96 valence electrons. The summed E-state index contributed by atoms with van der Waals surface area (Å²) >= 11 is 0. The Hall–Kier alpha value is -0.280. The van der Waals surface area contributed by atoms with Crippen molar-refractivity contribution >= 4 is 18.3 Å². The molecule has 0 heterocycles. The quantitative estimate of drug-likeness (QED) is 0.804. The van der Waals surface area contributed by atoms with Gasteiger partial charge in [0.05, 0.1) is 6.04 Å². The summed E-state index contributed by atoms with van der Waals surface area (Å²) in [5, 5.41) is 3.06. The summed E-state index contributed by atoms with van der Waals surface area (Å²) in [4.78, 5) is 11.7. The number of carbonyl (C=O) groups is 1. The highest BCUT2D eigenvalue weighted by atomic mass is 35.5. The SMILES string of the molecule is CC1CCC(NC(=O)[C@H](N)C(C)C)CC1.Cl. The molecule has 1 aliphatic carbocycles. The lowest BCUT2D eigenvalue weighted by molar-refractivity contribution is -0.124. The van der Waals surface area contributed by atoms with Crippen LogP contribution in [0.15, 0.2) is 0 Å². The molecule has 0 radical (unpaired) electrons. The van der Waals surface area contributed by atoms with Crippen LogP contribution in [0.1, 0.15) is 46.5 Å². The van der Waals surface area contributed by atoms with Crippen LogP contribution in [-0.2, 0) is 4.79 Å². The number of amides is 1. The second-order valence-electron chi connectivity index (χ2n) is 5.24. The molecule has 0 bridgehead atoms. The summed E-state index contributed by atoms with van der Waals surface area (Å²) in [7, 11) is 0. The number of nitrogens with two attached hydrogens (primary N) is 1. The number of halogens is 1. The van der Waals surface area contributed by atoms with Crippen molar-refractivity contribution in [2.75, 3.05) is 0 Å². The van der Waals surface area contributed by atoms with Crippen LogP contribution < -0.4 is 11.1 Å². The maximum atomic E-state index is 11.7. The molecule has 0 saturated heterocycles. The zero-order valence-electron chi connectivity index (χ0n) is 10.5. The third-order valence-electron chi connectivity index (χ3n) is 3.38. The molecule has 0 unspecified atom stereocenters. The summed E-state index contributed by atoms with van der Waals surface area (Å²) < 4.78 is 0. The van der Waals surface area contributed by atoms with Gasteiger partial charge in [-0.25, -0.2) is 0 Å². The van der Waals surface area contributed by atoms with E-state index in [0.717, 1.165) is 18.8 Å². The van der Waals surface area contributed by atoms with E-state index in [0.29, 0.717) is 6.04 Å². The van der Waals surface area contributed by atoms with Crippen LogP contribution in [0.2, 0.25) is 0 Å². The zero-order chi connectivity index (χ0) is 11.4. The first kappa shape index (κ1) is 15.7. The Labute approximate surface area is 105 Å². The molecule has 0 aromatic rings. The van der Waals surface area contributed by atoms with Crippen molar-refractivity contribution in [2.24, 2.45) is 17.6 Å². The Morgan fingerprint density at radius 2 is 1.75 bits per heavy atom. The molecule has 1 fully saturated rings. The van der Waals surface area contributed by atoms with Crippen LogP contribution in [0.3, 0.4) is 0 Å². The van der Waals surface area contributed by atoms with Crippen LogP contribution in [0.5, 0.6) is 0 Å². The average molecular weight is 249 g/mol. The Morgan fingerprint density at radius 3 is 2.19 bits per heavy atom. The molecule has 1 aliphatic rings. The zero-order valence-corrected chi connectivity index (χ0v) is 11.3. The predicted molar refractivity (Wildman–Crippen MR) is 69.6 cm³/mol. The molecule has 4 heteroatoms. The van der Waals surface area contributed by atoms with Crippen LogP contribution in [0.25, 0.3) is 0 Å². The van der Waals surface area contributed by atoms with Gasteiger partial charge in [0.15, 0.2) is 0 Å². The molecule has 1 saturated carbocycles. The molecule has 16 heavy (non-hydrogen) atoms. The highest BCUT2D eigenvalue weighted by Crippen LogP contribution is 2.23. The Bertz CT molecular complexity index is 213. The van der Waals surface area contributed by atoms with E-state index in [1.54, 1.807) is 0 Å². The number of carbonyl (C=O) groups excluding carboxylic acids is 1. The van der Waals surface area contributed by atoms with Gasteiger partial charge in [-0.05, 0) is 37.5 Å². The topological polar surface area (TPSA) is 55.1 Å². The number of rotatable bonds is 3. The van der Waals surface area contributed by atoms with Gasteiger partial charge >= 0.3 is 0 Å². The molecule has 1 atom stereocenters. The van der Waals surface area contributed by atoms with Gasteiger partial charge < -0.3 is 11.1 Å². The molecular weight excluding hydrogens is 224 g/mol. The maximum Gasteiger partial charge on any atom is 0.237 e. The second kappa shape index (κ2) is 7.13. The predicted octanol–water partition coefficient (Wildman–Crippen LogP) is 2.09. The van der Waals surface area contributed by atoms with Crippen molar-refractivity contribution < 1.29 is 4.79 Å². The van der Waals surface area contributed by atoms with Crippen molar-refractivity contribution in [3.05, 3.63) is 0 Å². The van der Waals surface area contributed by atoms with Crippen LogP contribution in [-0.4, -0.2) is 18.0 Å². The fourth-order valence-electron chi connectivity index (χ4n) is 2.00. The fraction of sp³-hybridized carbons (Fsp3) is 0.917. The molecule has 3 nitrogen and oxygen atoms in total. The van der Waals surface area contributed by atoms with Crippen LogP contribution >= 0.6 is 12.4 Å². The van der Waals surface area contributed by atoms with Gasteiger partial charge in [-0.2, -0.15) is 0 Å². The third-order valence-corrected chi connectivity index (χ3v) is 3.38. The van der Waals surface area contributed by atoms with Crippen LogP contribution in [0, 0.1) is 11.8 Å². The van der Waals surface area contributed by atoms with E-state index in [1.807, 2.05) is 13.8 Å². The summed E-state index contributed by atoms with van der Waals surface area (Å²) in [5.74, 6) is 1.05. The molecule has 0 aliphatic heterocycles. The van der Waals surface area contributed by atoms with Gasteiger partial charge in [0.2, 0.25) is 5.91 Å². The van der Waals surface area contributed by atoms with E-state index >= 15 is 0 Å². The first-order valence-electron chi connectivity index (χ1n) is 6.06. The van der Waals surface area contributed by atoms with Gasteiger partial charge in [-0.15, -0.1) is 12.4 Å². The Kier molecular flexibility index (Phi) is 7.00. The fourth-order valence-corrected chi connectivity index (χ4v) is 2.00. The summed E-state index contributed by atoms with van der Waals surface area (Å²) in [6, 6.07) is 0.00264. The third kappa shape index (κ3) is 4.71. The van der Waals surface area contributed by atoms with E-state index in [2.05, 4.69) is 12.2 Å². The second-order valence-corrected chi connectivity index (χ2v) is 5.24. The molecule has 0 aromatic heterocycles. The van der Waals surface area contributed by atoms with E-state index in [9.17, 15) is 4.79 Å². The lowest BCUT2D eigenvalue weighted by Gasteiger charge is -2.28. The Morgan fingerprint density at radius 1 is 1.25 bits per heavy atom. The van der Waals surface area contributed by atoms with Crippen molar-refractivity contribution in [1.82, 2.24) is 5.32 Å². The van der Waals surface area contributed by atoms with E-state index in [4.69, 9.17) is 5.73 Å². The van der Waals surface area contributed by atoms with Gasteiger partial charge in [-0.1, -0.05) is 20.8 Å². The lowest BCUT2D eigenvalue weighted by atomic mass is 9.87. The van der Waals surface area contributed by atoms with Gasteiger partial charge in [0.25, 0.3) is 0 Å². The standard InChI is InChI=1S/C12H24N2O.ClH/c1-8(2)11(13)12(15)14-10-6-4-9(3)5-7-10;/h8-11H,4-7,13H2,1-3H3,(H,14,15);1H/t9?,10?,11-;/m1./s1. The smallest absolute Gasteiger partial charge is 0.237 e. The first-order valence-corrected chi connectivity index (χ1v) is 6.06. The molecule has 0 aromatic carbocycles. The minimum absolute atomic E-state index is 0. The maximum absolute atomic E-state index is 11.7. The normalized spacial score (nSPS) is 27.1. The first-order chi connectivity index (χ1) is 7.00. The van der Waals surface area contributed by atoms with E-state index < -0.39 is 0 Å². The van der Waals surface area contributed by atoms with Crippen molar-refractivity contribution in [1.29, 1.82) is 0 Å². The minimum Gasteiger partial charge on any atom is -0.352 e. The van der Waals surface area contributed by atoms with Crippen molar-refractivity contribution in [3.63, 3.8) is 0 Å². The van der Waals surface area contributed by atoms with E-state index in [-0.39, 0.29) is 30.3 Å². The highest BCUT2D eigenvalue weighted by Gasteiger charge is 2.23. The molecule has 0 spiro atoms. The molecule has 1 amide bonds. The summed E-state index contributed by atoms with van der Waals surface area (Å²) in [6.07, 6.45) is 4.67. The monoisotopic (exact) mass is 248 g/mol. The number of hydrogen-bond donors (Lipinski definition) is 2. The largest absolute Gasteiger partial charge is 0.352 e. The molecule has 1 rings (SSSR count). The van der Waals surface area contributed by atoms with E-state index in [1.165, 1.54) is 12.8 Å². The molecule has 3 N–H and O–H groups in total. The van der Waals surface area contributed by atoms with Gasteiger partial charge in [0.1, 0.15) is 0 Å². The van der Waals surface area contributed by atoms with Gasteiger partial charge in [-0.3, -0.25) is 4.79 Å². The minimum atomic E-state index is -0.357. The Balaban J connectivity index is 0.00000225.